The van der Waals surface area contributed by atoms with Gasteiger partial charge >= 0.3 is 6.09 Å². The van der Waals surface area contributed by atoms with Crippen LogP contribution in [0.15, 0.2) is 24.4 Å². The molecule has 2 fully saturated rings. The molecule has 1 aliphatic heterocycles. The van der Waals surface area contributed by atoms with Crippen LogP contribution in [0.5, 0.6) is 0 Å². The minimum absolute atomic E-state index is 0.00352. The predicted octanol–water partition coefficient (Wildman–Crippen LogP) is 5.36. The molecule has 1 aliphatic carbocycles. The van der Waals surface area contributed by atoms with E-state index in [1.165, 1.54) is 12.1 Å². The lowest BCUT2D eigenvalue weighted by Gasteiger charge is -2.30. The molecule has 2 aliphatic rings. The third-order valence-corrected chi connectivity index (χ3v) is 6.89. The number of alkyl carbamates (subject to hydrolysis) is 1. The maximum Gasteiger partial charge on any atom is 0.408 e. The first-order chi connectivity index (χ1) is 17.2. The van der Waals surface area contributed by atoms with Crippen molar-refractivity contribution in [3.63, 3.8) is 0 Å². The van der Waals surface area contributed by atoms with Crippen molar-refractivity contribution in [1.29, 1.82) is 0 Å². The van der Waals surface area contributed by atoms with Gasteiger partial charge in [-0.15, -0.1) is 0 Å². The summed E-state index contributed by atoms with van der Waals surface area (Å²) in [6.45, 7) is 11.9. The molecular formula is C28H36F2N4O3. The molecule has 0 unspecified atom stereocenters. The Morgan fingerprint density at radius 3 is 2.43 bits per heavy atom. The van der Waals surface area contributed by atoms with Crippen molar-refractivity contribution < 1.29 is 23.1 Å². The highest BCUT2D eigenvalue weighted by Crippen LogP contribution is 2.40. The van der Waals surface area contributed by atoms with E-state index in [2.05, 4.69) is 15.6 Å². The van der Waals surface area contributed by atoms with Gasteiger partial charge in [-0.25, -0.2) is 18.6 Å². The Morgan fingerprint density at radius 1 is 1.19 bits per heavy atom. The zero-order chi connectivity index (χ0) is 27.1. The lowest BCUT2D eigenvalue weighted by atomic mass is 9.97. The van der Waals surface area contributed by atoms with Gasteiger partial charge in [0.05, 0.1) is 11.2 Å². The van der Waals surface area contributed by atoms with E-state index in [9.17, 15) is 18.4 Å². The summed E-state index contributed by atoms with van der Waals surface area (Å²) in [4.78, 5) is 32.4. The molecule has 37 heavy (non-hydrogen) atoms. The number of hydrogen-bond acceptors (Lipinski definition) is 5. The number of pyridine rings is 1. The summed E-state index contributed by atoms with van der Waals surface area (Å²) in [5.41, 5.74) is 0.952. The van der Waals surface area contributed by atoms with Crippen LogP contribution in [0.25, 0.3) is 11.1 Å². The number of carbonyl (C=O) groups excluding carboxylic acids is 2. The fourth-order valence-electron chi connectivity index (χ4n) is 4.92. The molecule has 2 atom stereocenters. The van der Waals surface area contributed by atoms with Gasteiger partial charge in [0.15, 0.2) is 5.69 Å². The molecule has 1 saturated heterocycles. The smallest absolute Gasteiger partial charge is 0.408 e. The van der Waals surface area contributed by atoms with Crippen molar-refractivity contribution in [3.05, 3.63) is 47.3 Å². The number of carbonyl (C=O) groups is 2. The number of aromatic nitrogens is 1. The van der Waals surface area contributed by atoms with Crippen LogP contribution in [0.1, 0.15) is 69.9 Å². The number of amides is 2. The predicted molar refractivity (Wildman–Crippen MR) is 139 cm³/mol. The zero-order valence-corrected chi connectivity index (χ0v) is 22.4. The van der Waals surface area contributed by atoms with Crippen molar-refractivity contribution in [3.8, 4) is 11.1 Å². The summed E-state index contributed by atoms with van der Waals surface area (Å²) in [6, 6.07) is 3.34. The third-order valence-electron chi connectivity index (χ3n) is 6.89. The molecule has 7 nitrogen and oxygen atoms in total. The minimum Gasteiger partial charge on any atom is -0.444 e. The molecule has 2 aromatic rings. The van der Waals surface area contributed by atoms with Crippen molar-refractivity contribution >= 4 is 17.7 Å². The fraction of sp³-hybridized carbons (Fsp3) is 0.536. The van der Waals surface area contributed by atoms with Crippen molar-refractivity contribution in [2.45, 2.75) is 78.0 Å². The first-order valence-electron chi connectivity index (χ1n) is 12.8. The number of aryl methyl sites for hydroxylation is 1. The molecular weight excluding hydrogens is 478 g/mol. The fourth-order valence-corrected chi connectivity index (χ4v) is 4.92. The molecule has 0 bridgehead atoms. The average Bonchev–Trinajstić information content (AvgIpc) is 3.54. The molecule has 1 aromatic carbocycles. The summed E-state index contributed by atoms with van der Waals surface area (Å²) in [5.74, 6) is -1.30. The van der Waals surface area contributed by atoms with E-state index in [1.807, 2.05) is 18.7 Å². The summed E-state index contributed by atoms with van der Waals surface area (Å²) < 4.78 is 34.0. The zero-order valence-electron chi connectivity index (χ0n) is 22.4. The quantitative estimate of drug-likeness (QED) is 0.543. The Bertz CT molecular complexity index is 1190. The molecule has 0 radical (unpaired) electrons. The van der Waals surface area contributed by atoms with Crippen LogP contribution in [-0.4, -0.2) is 47.3 Å². The third kappa shape index (κ3) is 6.37. The SMILES string of the molecule is Cc1cnc(C(=O)N[C@@H](C)C2CC2)c(N2CC[C@](C)(NC(=O)OC(C)(C)C)C2)c1-c1cc(F)cc(F)c1. The Morgan fingerprint density at radius 2 is 1.84 bits per heavy atom. The number of halogens is 2. The second kappa shape index (κ2) is 9.91. The number of nitrogens with zero attached hydrogens (tertiary/aromatic N) is 2. The largest absolute Gasteiger partial charge is 0.444 e. The van der Waals surface area contributed by atoms with E-state index >= 15 is 0 Å². The van der Waals surface area contributed by atoms with Crippen molar-refractivity contribution in [2.24, 2.45) is 5.92 Å². The Labute approximate surface area is 217 Å². The van der Waals surface area contributed by atoms with Crippen LogP contribution < -0.4 is 15.5 Å². The molecule has 200 valence electrons. The molecule has 2 N–H and O–H groups in total. The molecule has 2 heterocycles. The van der Waals surface area contributed by atoms with E-state index in [0.717, 1.165) is 18.9 Å². The maximum absolute atomic E-state index is 14.3. The normalized spacial score (nSPS) is 20.5. The lowest BCUT2D eigenvalue weighted by Crippen LogP contribution is -2.49. The van der Waals surface area contributed by atoms with E-state index in [-0.39, 0.29) is 17.6 Å². The second-order valence-corrected chi connectivity index (χ2v) is 11.6. The van der Waals surface area contributed by atoms with Crippen LogP contribution in [-0.2, 0) is 4.74 Å². The van der Waals surface area contributed by atoms with Crippen molar-refractivity contribution in [1.82, 2.24) is 15.6 Å². The molecule has 2 amide bonds. The van der Waals surface area contributed by atoms with Crippen molar-refractivity contribution in [2.75, 3.05) is 18.0 Å². The van der Waals surface area contributed by atoms with Crippen LogP contribution in [0.2, 0.25) is 0 Å². The van der Waals surface area contributed by atoms with Gasteiger partial charge in [0, 0.05) is 37.0 Å². The van der Waals surface area contributed by atoms with Gasteiger partial charge in [-0.1, -0.05) is 0 Å². The van der Waals surface area contributed by atoms with E-state index in [4.69, 9.17) is 4.74 Å². The number of nitrogens with one attached hydrogen (secondary N) is 2. The summed E-state index contributed by atoms with van der Waals surface area (Å²) in [6.07, 6.45) is 3.76. The lowest BCUT2D eigenvalue weighted by molar-refractivity contribution is 0.0473. The highest BCUT2D eigenvalue weighted by molar-refractivity contribution is 6.02. The van der Waals surface area contributed by atoms with Gasteiger partial charge in [0.1, 0.15) is 17.2 Å². The van der Waals surface area contributed by atoms with Gasteiger partial charge in [-0.3, -0.25) is 4.79 Å². The summed E-state index contributed by atoms with van der Waals surface area (Å²) in [5, 5.41) is 6.02. The van der Waals surface area contributed by atoms with E-state index in [1.54, 1.807) is 33.9 Å². The second-order valence-electron chi connectivity index (χ2n) is 11.6. The van der Waals surface area contributed by atoms with Gasteiger partial charge < -0.3 is 20.3 Å². The van der Waals surface area contributed by atoms with Crippen LogP contribution in [0, 0.1) is 24.5 Å². The van der Waals surface area contributed by atoms with Gasteiger partial charge in [0.25, 0.3) is 5.91 Å². The first-order valence-corrected chi connectivity index (χ1v) is 12.8. The maximum atomic E-state index is 14.3. The monoisotopic (exact) mass is 514 g/mol. The number of hydrogen-bond donors (Lipinski definition) is 2. The van der Waals surface area contributed by atoms with Crippen LogP contribution >= 0.6 is 0 Å². The molecule has 1 saturated carbocycles. The summed E-state index contributed by atoms with van der Waals surface area (Å²) >= 11 is 0. The Balaban J connectivity index is 1.74. The van der Waals surface area contributed by atoms with Crippen LogP contribution in [0.4, 0.5) is 19.3 Å². The van der Waals surface area contributed by atoms with E-state index < -0.39 is 28.9 Å². The Hall–Kier alpha value is -3.23. The first kappa shape index (κ1) is 26.8. The molecule has 9 heteroatoms. The van der Waals surface area contributed by atoms with Crippen LogP contribution in [0.3, 0.4) is 0 Å². The minimum atomic E-state index is -0.705. The standard InChI is InChI=1S/C28H36F2N4O3/c1-16-14-31-23(25(35)32-17(2)18-7-8-18)24(22(16)19-11-20(29)13-21(30)12-19)34-10-9-28(6,15-34)33-26(36)37-27(3,4)5/h11-14,17-18H,7-10,15H2,1-6H3,(H,32,35)(H,33,36)/t17-,28-/m0/s1. The van der Waals surface area contributed by atoms with Gasteiger partial charge in [-0.2, -0.15) is 0 Å². The molecule has 4 rings (SSSR count). The Kier molecular flexibility index (Phi) is 7.18. The van der Waals surface area contributed by atoms with E-state index in [0.29, 0.717) is 47.8 Å². The topological polar surface area (TPSA) is 83.6 Å². The molecule has 0 spiro atoms. The van der Waals surface area contributed by atoms with Gasteiger partial charge in [0.2, 0.25) is 0 Å². The number of rotatable bonds is 6. The average molecular weight is 515 g/mol. The highest BCUT2D eigenvalue weighted by atomic mass is 19.1. The van der Waals surface area contributed by atoms with Gasteiger partial charge in [-0.05, 0) is 90.0 Å². The number of benzene rings is 1. The highest BCUT2D eigenvalue weighted by Gasteiger charge is 2.39. The number of anilines is 1. The molecule has 1 aromatic heterocycles. The summed E-state index contributed by atoms with van der Waals surface area (Å²) in [7, 11) is 0. The number of ether oxygens (including phenoxy) is 1.